The number of pyridine rings is 1. The number of amides is 1. The second-order valence-corrected chi connectivity index (χ2v) is 9.50. The summed E-state index contributed by atoms with van der Waals surface area (Å²) < 4.78 is 0. The summed E-state index contributed by atoms with van der Waals surface area (Å²) in [5, 5.41) is 3.08. The minimum Gasteiger partial charge on any atom is -0.354 e. The normalized spacial score (nSPS) is 22.0. The zero-order valence-corrected chi connectivity index (χ0v) is 18.6. The Balaban J connectivity index is 1.17. The maximum absolute atomic E-state index is 12.6. The Kier molecular flexibility index (Phi) is 5.95. The van der Waals surface area contributed by atoms with Gasteiger partial charge in [0.05, 0.1) is 5.56 Å². The van der Waals surface area contributed by atoms with Crippen LogP contribution in [0.2, 0.25) is 0 Å². The van der Waals surface area contributed by atoms with Gasteiger partial charge in [-0.25, -0.2) is 4.98 Å². The van der Waals surface area contributed by atoms with Crippen molar-refractivity contribution in [1.29, 1.82) is 0 Å². The fourth-order valence-electron chi connectivity index (χ4n) is 5.27. The molecule has 1 saturated heterocycles. The van der Waals surface area contributed by atoms with E-state index < -0.39 is 0 Å². The van der Waals surface area contributed by atoms with E-state index in [4.69, 9.17) is 0 Å². The molecule has 31 heavy (non-hydrogen) atoms. The van der Waals surface area contributed by atoms with Gasteiger partial charge in [0, 0.05) is 44.5 Å². The molecule has 1 atom stereocenters. The van der Waals surface area contributed by atoms with Crippen molar-refractivity contribution in [2.24, 2.45) is 0 Å². The quantitative estimate of drug-likeness (QED) is 0.799. The highest BCUT2D eigenvalue weighted by Crippen LogP contribution is 2.28. The van der Waals surface area contributed by atoms with E-state index >= 15 is 0 Å². The molecule has 0 spiro atoms. The maximum Gasteiger partial charge on any atom is 0.253 e. The Bertz CT molecular complexity index is 922. The molecule has 1 aromatic carbocycles. The number of hydrogen-bond acceptors (Lipinski definition) is 4. The Morgan fingerprint density at radius 1 is 1.03 bits per heavy atom. The molecule has 1 amide bonds. The smallest absolute Gasteiger partial charge is 0.253 e. The Labute approximate surface area is 185 Å². The highest BCUT2D eigenvalue weighted by Gasteiger charge is 2.26. The molecule has 2 aromatic rings. The number of fused-ring (bicyclic) bond motifs is 1. The van der Waals surface area contributed by atoms with Crippen molar-refractivity contribution in [3.63, 3.8) is 0 Å². The van der Waals surface area contributed by atoms with E-state index in [0.29, 0.717) is 18.2 Å². The number of benzene rings is 1. The van der Waals surface area contributed by atoms with Gasteiger partial charge in [-0.05, 0) is 74.3 Å². The molecule has 0 bridgehead atoms. The van der Waals surface area contributed by atoms with E-state index in [0.717, 1.165) is 31.2 Å². The van der Waals surface area contributed by atoms with Crippen LogP contribution in [-0.4, -0.2) is 47.5 Å². The van der Waals surface area contributed by atoms with Gasteiger partial charge in [-0.2, -0.15) is 0 Å². The average Bonchev–Trinajstić information content (AvgIpc) is 3.08. The minimum atomic E-state index is -0.0559. The van der Waals surface area contributed by atoms with E-state index in [1.54, 1.807) is 6.20 Å². The summed E-state index contributed by atoms with van der Waals surface area (Å²) in [6.07, 6.45) is 10.5. The van der Waals surface area contributed by atoms with E-state index in [1.165, 1.54) is 61.9 Å². The predicted molar refractivity (Wildman–Crippen MR) is 125 cm³/mol. The van der Waals surface area contributed by atoms with Gasteiger partial charge in [0.1, 0.15) is 5.82 Å². The van der Waals surface area contributed by atoms with Crippen molar-refractivity contribution in [3.8, 4) is 0 Å². The number of carbonyl (C=O) groups excluding carboxylic acids is 1. The Morgan fingerprint density at radius 2 is 1.87 bits per heavy atom. The summed E-state index contributed by atoms with van der Waals surface area (Å²) in [4.78, 5) is 22.2. The topological polar surface area (TPSA) is 48.5 Å². The van der Waals surface area contributed by atoms with Crippen molar-refractivity contribution in [1.82, 2.24) is 15.2 Å². The first kappa shape index (κ1) is 20.5. The number of anilines is 1. The molecule has 1 aromatic heterocycles. The van der Waals surface area contributed by atoms with Crippen molar-refractivity contribution >= 4 is 11.7 Å². The number of hydrogen-bond donors (Lipinski definition) is 1. The standard InChI is InChI=1S/C26H34N4O/c1-19-4-3-13-30(19)25-10-9-23(18-27-25)26(31)28-17-20-7-8-21-11-14-29(24-5-2-6-24)15-12-22(21)16-20/h7-10,16,18-19,24H,2-6,11-15,17H2,1H3,(H,28,31)/t19-/m0/s1. The minimum absolute atomic E-state index is 0.0559. The average molecular weight is 419 g/mol. The zero-order valence-electron chi connectivity index (χ0n) is 18.6. The van der Waals surface area contributed by atoms with Crippen LogP contribution < -0.4 is 10.2 Å². The van der Waals surface area contributed by atoms with Crippen LogP contribution in [-0.2, 0) is 19.4 Å². The molecule has 0 unspecified atom stereocenters. The van der Waals surface area contributed by atoms with E-state index in [2.05, 4.69) is 45.2 Å². The Hall–Kier alpha value is -2.40. The molecule has 1 saturated carbocycles. The van der Waals surface area contributed by atoms with Crippen LogP contribution in [0.15, 0.2) is 36.5 Å². The van der Waals surface area contributed by atoms with E-state index in [-0.39, 0.29) is 5.91 Å². The van der Waals surface area contributed by atoms with Crippen LogP contribution in [0, 0.1) is 0 Å². The van der Waals surface area contributed by atoms with Crippen LogP contribution in [0.5, 0.6) is 0 Å². The zero-order chi connectivity index (χ0) is 21.2. The molecule has 3 heterocycles. The van der Waals surface area contributed by atoms with Crippen LogP contribution in [0.4, 0.5) is 5.82 Å². The van der Waals surface area contributed by atoms with Gasteiger partial charge in [-0.15, -0.1) is 0 Å². The first-order valence-corrected chi connectivity index (χ1v) is 12.0. The summed E-state index contributed by atoms with van der Waals surface area (Å²) >= 11 is 0. The lowest BCUT2D eigenvalue weighted by Crippen LogP contribution is -2.41. The third kappa shape index (κ3) is 4.47. The van der Waals surface area contributed by atoms with Crippen LogP contribution >= 0.6 is 0 Å². The number of nitrogens with one attached hydrogen (secondary N) is 1. The number of aromatic nitrogens is 1. The van der Waals surface area contributed by atoms with Crippen LogP contribution in [0.1, 0.15) is 66.1 Å². The molecule has 1 N–H and O–H groups in total. The van der Waals surface area contributed by atoms with Gasteiger partial charge < -0.3 is 10.2 Å². The molecule has 5 nitrogen and oxygen atoms in total. The maximum atomic E-state index is 12.6. The predicted octanol–water partition coefficient (Wildman–Crippen LogP) is 3.95. The Morgan fingerprint density at radius 3 is 2.55 bits per heavy atom. The molecule has 2 aliphatic heterocycles. The molecule has 3 aliphatic rings. The van der Waals surface area contributed by atoms with Crippen molar-refractivity contribution in [2.45, 2.75) is 70.5 Å². The number of nitrogens with zero attached hydrogens (tertiary/aromatic N) is 3. The summed E-state index contributed by atoms with van der Waals surface area (Å²) in [6.45, 7) is 6.20. The van der Waals surface area contributed by atoms with Crippen molar-refractivity contribution < 1.29 is 4.79 Å². The molecule has 1 aliphatic carbocycles. The lowest BCUT2D eigenvalue weighted by atomic mass is 9.91. The lowest BCUT2D eigenvalue weighted by molar-refractivity contribution is 0.0950. The first-order valence-electron chi connectivity index (χ1n) is 12.0. The SMILES string of the molecule is C[C@H]1CCCN1c1ccc(C(=O)NCc2ccc3c(c2)CCN(C2CCC2)CC3)cn1. The fourth-order valence-corrected chi connectivity index (χ4v) is 5.27. The monoisotopic (exact) mass is 418 g/mol. The fraction of sp³-hybridized carbons (Fsp3) is 0.538. The van der Waals surface area contributed by atoms with Crippen molar-refractivity contribution in [2.75, 3.05) is 24.5 Å². The van der Waals surface area contributed by atoms with Crippen LogP contribution in [0.25, 0.3) is 0 Å². The van der Waals surface area contributed by atoms with Gasteiger partial charge in [0.25, 0.3) is 5.91 Å². The van der Waals surface area contributed by atoms with Gasteiger partial charge in [-0.3, -0.25) is 9.69 Å². The van der Waals surface area contributed by atoms with Gasteiger partial charge in [-0.1, -0.05) is 24.6 Å². The largest absolute Gasteiger partial charge is 0.354 e. The number of carbonyl (C=O) groups is 1. The second-order valence-electron chi connectivity index (χ2n) is 9.50. The molecule has 5 heteroatoms. The summed E-state index contributed by atoms with van der Waals surface area (Å²) in [5.41, 5.74) is 4.74. The highest BCUT2D eigenvalue weighted by molar-refractivity contribution is 5.94. The lowest BCUT2D eigenvalue weighted by Gasteiger charge is -2.36. The molecule has 0 radical (unpaired) electrons. The molecule has 164 valence electrons. The highest BCUT2D eigenvalue weighted by atomic mass is 16.1. The third-order valence-corrected chi connectivity index (χ3v) is 7.51. The molecular formula is C26H34N4O. The van der Waals surface area contributed by atoms with Crippen LogP contribution in [0.3, 0.4) is 0 Å². The van der Waals surface area contributed by atoms with Crippen molar-refractivity contribution in [3.05, 3.63) is 58.8 Å². The van der Waals surface area contributed by atoms with Gasteiger partial charge in [0.2, 0.25) is 0 Å². The molecule has 2 fully saturated rings. The van der Waals surface area contributed by atoms with E-state index in [1.807, 2.05) is 12.1 Å². The summed E-state index contributed by atoms with van der Waals surface area (Å²) in [5.74, 6) is 0.919. The molecule has 5 rings (SSSR count). The molecular weight excluding hydrogens is 384 g/mol. The number of rotatable bonds is 5. The second kappa shape index (κ2) is 8.99. The third-order valence-electron chi connectivity index (χ3n) is 7.51. The summed E-state index contributed by atoms with van der Waals surface area (Å²) in [6, 6.07) is 12.0. The van der Waals surface area contributed by atoms with Gasteiger partial charge in [0.15, 0.2) is 0 Å². The summed E-state index contributed by atoms with van der Waals surface area (Å²) in [7, 11) is 0. The van der Waals surface area contributed by atoms with Gasteiger partial charge >= 0.3 is 0 Å². The first-order chi connectivity index (χ1) is 15.2. The van der Waals surface area contributed by atoms with E-state index in [9.17, 15) is 4.79 Å².